The van der Waals surface area contributed by atoms with E-state index in [0.29, 0.717) is 18.6 Å². The molecule has 0 aromatic carbocycles. The van der Waals surface area contributed by atoms with E-state index >= 15 is 0 Å². The molecule has 3 unspecified atom stereocenters. The summed E-state index contributed by atoms with van der Waals surface area (Å²) in [6, 6.07) is 0. The van der Waals surface area contributed by atoms with Gasteiger partial charge in [0, 0.05) is 12.8 Å². The highest BCUT2D eigenvalue weighted by molar-refractivity contribution is 5.65. The molecular weight excluding hydrogens is 192 g/mol. The molecule has 0 radical (unpaired) electrons. The summed E-state index contributed by atoms with van der Waals surface area (Å²) in [7, 11) is 0. The minimum absolute atomic E-state index is 0.0797. The van der Waals surface area contributed by atoms with Crippen LogP contribution in [0.4, 0.5) is 0 Å². The van der Waals surface area contributed by atoms with Gasteiger partial charge in [-0.1, -0.05) is 13.8 Å². The summed E-state index contributed by atoms with van der Waals surface area (Å²) in [6.45, 7) is 8.54. The van der Waals surface area contributed by atoms with E-state index in [1.165, 1.54) is 6.92 Å². The molecule has 0 amide bonds. The number of fused-ring (bicyclic) bond motifs is 2. The van der Waals surface area contributed by atoms with Crippen LogP contribution in [-0.4, -0.2) is 24.3 Å². The number of carbonyl (C=O) groups excluding carboxylic acids is 1. The summed E-state index contributed by atoms with van der Waals surface area (Å²) in [6.07, 6.45) is 2.57. The largest absolute Gasteiger partial charge is 0.465 e. The lowest BCUT2D eigenvalue weighted by molar-refractivity contribution is -0.145. The van der Waals surface area contributed by atoms with E-state index in [2.05, 4.69) is 20.8 Å². The van der Waals surface area contributed by atoms with E-state index in [9.17, 15) is 4.79 Å². The van der Waals surface area contributed by atoms with Gasteiger partial charge < -0.3 is 9.47 Å². The first-order chi connectivity index (χ1) is 6.86. The SMILES string of the molecule is CC(=O)OCC1C2(C)CCC(O2)C1(C)C. The van der Waals surface area contributed by atoms with Crippen molar-refractivity contribution in [2.45, 2.75) is 52.2 Å². The molecule has 2 saturated heterocycles. The molecule has 0 spiro atoms. The van der Waals surface area contributed by atoms with Gasteiger partial charge >= 0.3 is 5.97 Å². The van der Waals surface area contributed by atoms with Crippen LogP contribution in [0, 0.1) is 11.3 Å². The van der Waals surface area contributed by atoms with Gasteiger partial charge in [-0.3, -0.25) is 4.79 Å². The van der Waals surface area contributed by atoms with Gasteiger partial charge in [0.1, 0.15) is 0 Å². The van der Waals surface area contributed by atoms with Crippen LogP contribution in [0.2, 0.25) is 0 Å². The highest BCUT2D eigenvalue weighted by atomic mass is 16.5. The molecule has 0 aromatic heterocycles. The van der Waals surface area contributed by atoms with Crippen molar-refractivity contribution in [3.8, 4) is 0 Å². The summed E-state index contributed by atoms with van der Waals surface area (Å²) in [5, 5.41) is 0. The second-order valence-corrected chi connectivity index (χ2v) is 5.63. The summed E-state index contributed by atoms with van der Waals surface area (Å²) in [5.74, 6) is 0.129. The number of esters is 1. The van der Waals surface area contributed by atoms with Gasteiger partial charge in [0.2, 0.25) is 0 Å². The first kappa shape index (κ1) is 10.9. The average Bonchev–Trinajstić information content (AvgIpc) is 2.54. The molecule has 2 aliphatic rings. The lowest BCUT2D eigenvalue weighted by atomic mass is 9.64. The summed E-state index contributed by atoms with van der Waals surface area (Å²) < 4.78 is 11.2. The standard InChI is InChI=1S/C12H20O3/c1-8(13)14-7-9-11(2,3)10-5-6-12(9,4)15-10/h9-10H,5-7H2,1-4H3. The van der Waals surface area contributed by atoms with Crippen molar-refractivity contribution in [2.24, 2.45) is 11.3 Å². The molecule has 86 valence electrons. The van der Waals surface area contributed by atoms with E-state index < -0.39 is 0 Å². The Bertz CT molecular complexity index is 280. The summed E-state index contributed by atoms with van der Waals surface area (Å²) in [5.41, 5.74) is 0.0477. The van der Waals surface area contributed by atoms with Gasteiger partial charge in [-0.15, -0.1) is 0 Å². The van der Waals surface area contributed by atoms with Gasteiger partial charge in [0.25, 0.3) is 0 Å². The maximum atomic E-state index is 10.9. The Hall–Kier alpha value is -0.570. The molecule has 0 aromatic rings. The monoisotopic (exact) mass is 212 g/mol. The molecule has 3 heteroatoms. The zero-order chi connectivity index (χ0) is 11.3. The predicted octanol–water partition coefficient (Wildman–Crippen LogP) is 2.14. The Labute approximate surface area is 91.1 Å². The van der Waals surface area contributed by atoms with Crippen molar-refractivity contribution >= 4 is 5.97 Å². The van der Waals surface area contributed by atoms with Gasteiger partial charge in [-0.2, -0.15) is 0 Å². The zero-order valence-corrected chi connectivity index (χ0v) is 10.0. The van der Waals surface area contributed by atoms with Crippen LogP contribution < -0.4 is 0 Å². The highest BCUT2D eigenvalue weighted by Gasteiger charge is 2.61. The molecule has 3 nitrogen and oxygen atoms in total. The van der Waals surface area contributed by atoms with Crippen molar-refractivity contribution in [2.75, 3.05) is 6.61 Å². The van der Waals surface area contributed by atoms with Crippen molar-refractivity contribution in [3.63, 3.8) is 0 Å². The summed E-state index contributed by atoms with van der Waals surface area (Å²) >= 11 is 0. The average molecular weight is 212 g/mol. The number of carbonyl (C=O) groups is 1. The predicted molar refractivity (Wildman–Crippen MR) is 56.4 cm³/mol. The maximum absolute atomic E-state index is 10.9. The Morgan fingerprint density at radius 2 is 2.13 bits per heavy atom. The quantitative estimate of drug-likeness (QED) is 0.658. The molecule has 2 fully saturated rings. The number of rotatable bonds is 2. The van der Waals surface area contributed by atoms with E-state index in [-0.39, 0.29) is 17.0 Å². The second kappa shape index (κ2) is 3.21. The Morgan fingerprint density at radius 1 is 1.47 bits per heavy atom. The Morgan fingerprint density at radius 3 is 2.60 bits per heavy atom. The third-order valence-electron chi connectivity index (χ3n) is 4.23. The minimum atomic E-state index is -0.197. The van der Waals surface area contributed by atoms with Crippen molar-refractivity contribution in [1.29, 1.82) is 0 Å². The molecule has 15 heavy (non-hydrogen) atoms. The molecule has 0 aliphatic carbocycles. The molecule has 0 saturated carbocycles. The van der Waals surface area contributed by atoms with Crippen LogP contribution in [0.1, 0.15) is 40.5 Å². The third-order valence-corrected chi connectivity index (χ3v) is 4.23. The number of hydrogen-bond acceptors (Lipinski definition) is 3. The Kier molecular flexibility index (Phi) is 2.34. The van der Waals surface area contributed by atoms with E-state index in [1.54, 1.807) is 0 Å². The third kappa shape index (κ3) is 1.57. The van der Waals surface area contributed by atoms with E-state index in [0.717, 1.165) is 12.8 Å². The van der Waals surface area contributed by atoms with Crippen LogP contribution >= 0.6 is 0 Å². The van der Waals surface area contributed by atoms with Crippen LogP contribution in [0.3, 0.4) is 0 Å². The number of ether oxygens (including phenoxy) is 2. The first-order valence-corrected chi connectivity index (χ1v) is 5.67. The van der Waals surface area contributed by atoms with Gasteiger partial charge in [0.05, 0.1) is 18.3 Å². The van der Waals surface area contributed by atoms with Crippen molar-refractivity contribution in [1.82, 2.24) is 0 Å². The van der Waals surface area contributed by atoms with Crippen LogP contribution in [0.5, 0.6) is 0 Å². The topological polar surface area (TPSA) is 35.5 Å². The molecule has 2 heterocycles. The van der Waals surface area contributed by atoms with Crippen LogP contribution in [0.15, 0.2) is 0 Å². The van der Waals surface area contributed by atoms with Crippen molar-refractivity contribution < 1.29 is 14.3 Å². The minimum Gasteiger partial charge on any atom is -0.465 e. The molecule has 2 rings (SSSR count). The lowest BCUT2D eigenvalue weighted by Gasteiger charge is -2.38. The van der Waals surface area contributed by atoms with E-state index in [4.69, 9.17) is 9.47 Å². The normalized spacial score (nSPS) is 41.9. The second-order valence-electron chi connectivity index (χ2n) is 5.63. The fraction of sp³-hybridized carbons (Fsp3) is 0.917. The molecular formula is C12H20O3. The maximum Gasteiger partial charge on any atom is 0.302 e. The fourth-order valence-electron chi connectivity index (χ4n) is 3.24. The highest BCUT2D eigenvalue weighted by Crippen LogP contribution is 2.57. The van der Waals surface area contributed by atoms with E-state index in [1.807, 2.05) is 0 Å². The number of hydrogen-bond donors (Lipinski definition) is 0. The molecule has 2 aliphatic heterocycles. The van der Waals surface area contributed by atoms with Crippen LogP contribution in [-0.2, 0) is 14.3 Å². The molecule has 3 atom stereocenters. The molecule has 0 N–H and O–H groups in total. The van der Waals surface area contributed by atoms with Gasteiger partial charge in [-0.25, -0.2) is 0 Å². The summed E-state index contributed by atoms with van der Waals surface area (Å²) in [4.78, 5) is 10.9. The fourth-order valence-corrected chi connectivity index (χ4v) is 3.24. The van der Waals surface area contributed by atoms with Gasteiger partial charge in [0.15, 0.2) is 0 Å². The Balaban J connectivity index is 2.12. The smallest absolute Gasteiger partial charge is 0.302 e. The molecule has 2 bridgehead atoms. The van der Waals surface area contributed by atoms with Gasteiger partial charge in [-0.05, 0) is 25.2 Å². The zero-order valence-electron chi connectivity index (χ0n) is 10.0. The first-order valence-electron chi connectivity index (χ1n) is 5.67. The van der Waals surface area contributed by atoms with Crippen molar-refractivity contribution in [3.05, 3.63) is 0 Å². The lowest BCUT2D eigenvalue weighted by Crippen LogP contribution is -2.43. The van der Waals surface area contributed by atoms with Crippen LogP contribution in [0.25, 0.3) is 0 Å².